The number of carbonyl (C=O) groups is 4. The van der Waals surface area contributed by atoms with E-state index in [2.05, 4.69) is 27.0 Å². The Morgan fingerprint density at radius 3 is 1.12 bits per heavy atom. The molecule has 0 spiro atoms. The first-order valence-corrected chi connectivity index (χ1v) is 22.2. The third-order valence-electron chi connectivity index (χ3n) is 9.85. The van der Waals surface area contributed by atoms with Crippen molar-refractivity contribution in [3.8, 4) is 11.5 Å². The average molecular weight is 821 g/mol. The van der Waals surface area contributed by atoms with Crippen LogP contribution in [0, 0.1) is 0 Å². The molecule has 0 aliphatic carbocycles. The van der Waals surface area contributed by atoms with E-state index in [4.69, 9.17) is 28.4 Å². The standard InChI is InChI=1S/C49H72O10/c1-5-9-11-13-15-17-19-21-23-25-48(52)58-44(38-56-46(50)7-3)36-54-42-31-27-40(28-32-42)35-41-29-33-43(34-30-41)55-37-45(39-57-47(51)8-4)59-49(53)26-24-22-20-18-16-14-12-10-6-2/h7-8,27-34,44-45H,3-6,9-26,35-39H2,1-2H3. The van der Waals surface area contributed by atoms with E-state index >= 15 is 0 Å². The lowest BCUT2D eigenvalue weighted by atomic mass is 10.0. The largest absolute Gasteiger partial charge is 0.490 e. The monoisotopic (exact) mass is 821 g/mol. The average Bonchev–Trinajstić information content (AvgIpc) is 3.25. The highest BCUT2D eigenvalue weighted by molar-refractivity contribution is 5.81. The molecule has 2 atom stereocenters. The zero-order valence-corrected chi connectivity index (χ0v) is 36.1. The van der Waals surface area contributed by atoms with Crippen LogP contribution < -0.4 is 9.47 Å². The zero-order chi connectivity index (χ0) is 42.8. The van der Waals surface area contributed by atoms with Crippen LogP contribution in [0.1, 0.15) is 153 Å². The number of hydrogen-bond donors (Lipinski definition) is 0. The van der Waals surface area contributed by atoms with Gasteiger partial charge in [-0.3, -0.25) is 9.59 Å². The van der Waals surface area contributed by atoms with Crippen LogP contribution in [0.2, 0.25) is 0 Å². The van der Waals surface area contributed by atoms with E-state index in [0.29, 0.717) is 30.8 Å². The van der Waals surface area contributed by atoms with Gasteiger partial charge in [-0.25, -0.2) is 9.59 Å². The minimum Gasteiger partial charge on any atom is -0.490 e. The molecule has 10 nitrogen and oxygen atoms in total. The summed E-state index contributed by atoms with van der Waals surface area (Å²) < 4.78 is 33.5. The number of benzene rings is 2. The van der Waals surface area contributed by atoms with E-state index in [0.717, 1.165) is 61.8 Å². The van der Waals surface area contributed by atoms with Crippen molar-refractivity contribution in [2.75, 3.05) is 26.4 Å². The van der Waals surface area contributed by atoms with Gasteiger partial charge in [-0.05, 0) is 54.7 Å². The van der Waals surface area contributed by atoms with Gasteiger partial charge in [-0.15, -0.1) is 0 Å². The van der Waals surface area contributed by atoms with Crippen molar-refractivity contribution in [2.24, 2.45) is 0 Å². The van der Waals surface area contributed by atoms with Crippen molar-refractivity contribution < 1.29 is 47.6 Å². The third-order valence-corrected chi connectivity index (χ3v) is 9.85. The summed E-state index contributed by atoms with van der Waals surface area (Å²) >= 11 is 0. The summed E-state index contributed by atoms with van der Waals surface area (Å²) in [6, 6.07) is 15.2. The molecule has 2 aromatic rings. The van der Waals surface area contributed by atoms with E-state index in [1.165, 1.54) is 77.0 Å². The van der Waals surface area contributed by atoms with Gasteiger partial charge in [0.15, 0.2) is 12.2 Å². The van der Waals surface area contributed by atoms with Crippen molar-refractivity contribution in [3.63, 3.8) is 0 Å². The van der Waals surface area contributed by atoms with Crippen LogP contribution in [0.25, 0.3) is 0 Å². The van der Waals surface area contributed by atoms with Crippen molar-refractivity contribution >= 4 is 23.9 Å². The summed E-state index contributed by atoms with van der Waals surface area (Å²) in [7, 11) is 0. The van der Waals surface area contributed by atoms with Crippen LogP contribution >= 0.6 is 0 Å². The first-order valence-electron chi connectivity index (χ1n) is 22.2. The summed E-state index contributed by atoms with van der Waals surface area (Å²) in [5.41, 5.74) is 2.11. The summed E-state index contributed by atoms with van der Waals surface area (Å²) in [4.78, 5) is 48.6. The molecule has 0 heterocycles. The number of carbonyl (C=O) groups excluding carboxylic acids is 4. The molecule has 0 saturated heterocycles. The van der Waals surface area contributed by atoms with Crippen molar-refractivity contribution in [1.82, 2.24) is 0 Å². The Kier molecular flexibility index (Phi) is 28.5. The number of unbranched alkanes of at least 4 members (excludes halogenated alkanes) is 16. The van der Waals surface area contributed by atoms with Gasteiger partial charge in [0, 0.05) is 25.0 Å². The first-order chi connectivity index (χ1) is 28.8. The van der Waals surface area contributed by atoms with Crippen molar-refractivity contribution in [3.05, 3.63) is 85.0 Å². The Balaban J connectivity index is 1.80. The van der Waals surface area contributed by atoms with Gasteiger partial charge in [0.1, 0.15) is 37.9 Å². The zero-order valence-electron chi connectivity index (χ0n) is 36.1. The van der Waals surface area contributed by atoms with Crippen LogP contribution in [-0.4, -0.2) is 62.5 Å². The molecular formula is C49H72O10. The lowest BCUT2D eigenvalue weighted by molar-refractivity contribution is -0.159. The molecular weight excluding hydrogens is 749 g/mol. The molecule has 0 fully saturated rings. The molecule has 2 rings (SSSR count). The maximum absolute atomic E-state index is 12.6. The summed E-state index contributed by atoms with van der Waals surface area (Å²) in [5.74, 6) is -0.668. The first kappa shape index (κ1) is 50.5. The molecule has 0 aliphatic heterocycles. The van der Waals surface area contributed by atoms with E-state index in [9.17, 15) is 19.2 Å². The SMILES string of the molecule is C=CC(=O)OCC(COc1ccc(Cc2ccc(OCC(COC(=O)C=C)OC(=O)CCCCCCCCCCC)cc2)cc1)OC(=O)CCCCCCCCCCC. The summed E-state index contributed by atoms with van der Waals surface area (Å²) in [6.45, 7) is 11.1. The van der Waals surface area contributed by atoms with E-state index in [-0.39, 0.29) is 38.4 Å². The van der Waals surface area contributed by atoms with Gasteiger partial charge < -0.3 is 28.4 Å². The van der Waals surface area contributed by atoms with Gasteiger partial charge >= 0.3 is 23.9 Å². The smallest absolute Gasteiger partial charge is 0.330 e. The van der Waals surface area contributed by atoms with Crippen LogP contribution in [-0.2, 0) is 44.5 Å². The minimum absolute atomic E-state index is 0.0325. The molecule has 2 aromatic carbocycles. The number of hydrogen-bond acceptors (Lipinski definition) is 10. The maximum Gasteiger partial charge on any atom is 0.330 e. The number of esters is 4. The molecule has 0 amide bonds. The van der Waals surface area contributed by atoms with Crippen LogP contribution in [0.4, 0.5) is 0 Å². The van der Waals surface area contributed by atoms with Crippen LogP contribution in [0.5, 0.6) is 11.5 Å². The van der Waals surface area contributed by atoms with Gasteiger partial charge in [-0.1, -0.05) is 154 Å². The van der Waals surface area contributed by atoms with E-state index in [1.54, 1.807) is 0 Å². The Morgan fingerprint density at radius 2 is 0.797 bits per heavy atom. The molecule has 328 valence electrons. The predicted molar refractivity (Wildman–Crippen MR) is 232 cm³/mol. The van der Waals surface area contributed by atoms with Crippen molar-refractivity contribution in [1.29, 1.82) is 0 Å². The second kappa shape index (κ2) is 33.3. The predicted octanol–water partition coefficient (Wildman–Crippen LogP) is 11.2. The molecule has 0 N–H and O–H groups in total. The number of ether oxygens (including phenoxy) is 6. The number of rotatable bonds is 36. The quantitative estimate of drug-likeness (QED) is 0.0284. The lowest BCUT2D eigenvalue weighted by Crippen LogP contribution is -2.30. The fourth-order valence-corrected chi connectivity index (χ4v) is 6.37. The Morgan fingerprint density at radius 1 is 0.475 bits per heavy atom. The van der Waals surface area contributed by atoms with Crippen LogP contribution in [0.3, 0.4) is 0 Å². The maximum atomic E-state index is 12.6. The highest BCUT2D eigenvalue weighted by Crippen LogP contribution is 2.20. The van der Waals surface area contributed by atoms with Gasteiger partial charge in [0.05, 0.1) is 0 Å². The molecule has 10 heteroatoms. The molecule has 0 bridgehead atoms. The fraction of sp³-hybridized carbons (Fsp3) is 0.592. The second-order valence-corrected chi connectivity index (χ2v) is 15.1. The normalized spacial score (nSPS) is 11.8. The Bertz CT molecular complexity index is 1340. The molecule has 0 saturated carbocycles. The van der Waals surface area contributed by atoms with E-state index in [1.807, 2.05) is 48.5 Å². The molecule has 0 aromatic heterocycles. The fourth-order valence-electron chi connectivity index (χ4n) is 6.37. The van der Waals surface area contributed by atoms with Gasteiger partial charge in [-0.2, -0.15) is 0 Å². The van der Waals surface area contributed by atoms with Gasteiger partial charge in [0.25, 0.3) is 0 Å². The highest BCUT2D eigenvalue weighted by Gasteiger charge is 2.19. The van der Waals surface area contributed by atoms with Crippen molar-refractivity contribution in [2.45, 2.75) is 161 Å². The molecule has 2 unspecified atom stereocenters. The highest BCUT2D eigenvalue weighted by atomic mass is 16.6. The Labute approximate surface area is 354 Å². The minimum atomic E-state index is -0.751. The second-order valence-electron chi connectivity index (χ2n) is 15.1. The topological polar surface area (TPSA) is 124 Å². The van der Waals surface area contributed by atoms with Crippen LogP contribution in [0.15, 0.2) is 73.8 Å². The summed E-state index contributed by atoms with van der Waals surface area (Å²) in [5, 5.41) is 0. The van der Waals surface area contributed by atoms with E-state index < -0.39 is 24.1 Å². The Hall–Kier alpha value is -4.60. The third kappa shape index (κ3) is 26.2. The molecule has 0 aliphatic rings. The van der Waals surface area contributed by atoms with Gasteiger partial charge in [0.2, 0.25) is 0 Å². The lowest BCUT2D eigenvalue weighted by Gasteiger charge is -2.19. The molecule has 59 heavy (non-hydrogen) atoms. The molecule has 0 radical (unpaired) electrons. The summed E-state index contributed by atoms with van der Waals surface area (Å²) in [6.07, 6.45) is 22.7.